The van der Waals surface area contributed by atoms with Crippen LogP contribution in [0.4, 0.5) is 0 Å². The summed E-state index contributed by atoms with van der Waals surface area (Å²) < 4.78 is 23.1. The van der Waals surface area contributed by atoms with Crippen LogP contribution in [-0.2, 0) is 18.3 Å². The van der Waals surface area contributed by atoms with E-state index in [9.17, 15) is 0 Å². The zero-order valence-electron chi connectivity index (χ0n) is 14.1. The first-order chi connectivity index (χ1) is 10.3. The molecule has 0 amide bonds. The standard InChI is InChI=1S/C16H34O4Si/c1-4-7-10-19-21(20-11-8-5-2)16(6-3)9-12-17-13-15-14-18-15/h15-16,21H,4-14H2,1-3H3. The van der Waals surface area contributed by atoms with Crippen molar-refractivity contribution in [2.75, 3.05) is 33.0 Å². The zero-order chi connectivity index (χ0) is 15.3. The fourth-order valence-electron chi connectivity index (χ4n) is 2.15. The van der Waals surface area contributed by atoms with Crippen molar-refractivity contribution < 1.29 is 18.3 Å². The fraction of sp³-hybridized carbons (Fsp3) is 1.00. The summed E-state index contributed by atoms with van der Waals surface area (Å²) in [5.74, 6) is 0. The molecule has 21 heavy (non-hydrogen) atoms. The molecule has 0 bridgehead atoms. The van der Waals surface area contributed by atoms with Crippen LogP contribution in [0, 0.1) is 0 Å². The molecule has 1 heterocycles. The largest absolute Gasteiger partial charge is 0.396 e. The van der Waals surface area contributed by atoms with Gasteiger partial charge in [0.15, 0.2) is 0 Å². The number of hydrogen-bond donors (Lipinski definition) is 0. The lowest BCUT2D eigenvalue weighted by atomic mass is 10.2. The first-order valence-corrected chi connectivity index (χ1v) is 10.3. The van der Waals surface area contributed by atoms with E-state index in [1.54, 1.807) is 0 Å². The van der Waals surface area contributed by atoms with Crippen molar-refractivity contribution in [2.24, 2.45) is 0 Å². The van der Waals surface area contributed by atoms with Crippen LogP contribution in [-0.4, -0.2) is 48.4 Å². The Morgan fingerprint density at radius 2 is 1.67 bits per heavy atom. The molecule has 0 saturated carbocycles. The van der Waals surface area contributed by atoms with E-state index >= 15 is 0 Å². The van der Waals surface area contributed by atoms with Crippen LogP contribution in [0.2, 0.25) is 5.54 Å². The lowest BCUT2D eigenvalue weighted by Gasteiger charge is -2.24. The van der Waals surface area contributed by atoms with Gasteiger partial charge in [0.1, 0.15) is 6.10 Å². The molecule has 126 valence electrons. The predicted octanol–water partition coefficient (Wildman–Crippen LogP) is 3.43. The first-order valence-electron chi connectivity index (χ1n) is 8.74. The molecule has 4 nitrogen and oxygen atoms in total. The average Bonchev–Trinajstić information content (AvgIpc) is 3.31. The van der Waals surface area contributed by atoms with E-state index in [-0.39, 0.29) is 0 Å². The zero-order valence-corrected chi connectivity index (χ0v) is 15.3. The molecular formula is C16H34O4Si. The van der Waals surface area contributed by atoms with Gasteiger partial charge in [0.25, 0.3) is 0 Å². The SMILES string of the molecule is CCCCO[SiH](OCCCC)C(CC)CCOCC1CO1. The maximum Gasteiger partial charge on any atom is 0.324 e. The topological polar surface area (TPSA) is 40.2 Å². The van der Waals surface area contributed by atoms with Gasteiger partial charge in [-0.15, -0.1) is 0 Å². The fourth-order valence-corrected chi connectivity index (χ4v) is 4.39. The lowest BCUT2D eigenvalue weighted by molar-refractivity contribution is 0.107. The summed E-state index contributed by atoms with van der Waals surface area (Å²) in [5, 5.41) is 0. The Kier molecular flexibility index (Phi) is 11.4. The van der Waals surface area contributed by atoms with Crippen molar-refractivity contribution in [2.45, 2.75) is 70.9 Å². The second kappa shape index (κ2) is 12.6. The Labute approximate surface area is 132 Å². The maximum atomic E-state index is 6.11. The summed E-state index contributed by atoms with van der Waals surface area (Å²) in [4.78, 5) is 0. The summed E-state index contributed by atoms with van der Waals surface area (Å²) >= 11 is 0. The smallest absolute Gasteiger partial charge is 0.324 e. The molecule has 0 radical (unpaired) electrons. The molecule has 5 heteroatoms. The van der Waals surface area contributed by atoms with Gasteiger partial charge in [-0.3, -0.25) is 0 Å². The number of epoxide rings is 1. The van der Waals surface area contributed by atoms with Crippen molar-refractivity contribution in [3.63, 3.8) is 0 Å². The second-order valence-corrected chi connectivity index (χ2v) is 8.15. The second-order valence-electron chi connectivity index (χ2n) is 5.80. The van der Waals surface area contributed by atoms with Crippen LogP contribution in [0.5, 0.6) is 0 Å². The summed E-state index contributed by atoms with van der Waals surface area (Å²) in [6, 6.07) is 0. The van der Waals surface area contributed by atoms with Crippen molar-refractivity contribution >= 4 is 9.28 Å². The van der Waals surface area contributed by atoms with Gasteiger partial charge < -0.3 is 18.3 Å². The summed E-state index contributed by atoms with van der Waals surface area (Å²) in [7, 11) is -1.57. The van der Waals surface area contributed by atoms with Crippen molar-refractivity contribution in [1.29, 1.82) is 0 Å². The third-order valence-electron chi connectivity index (χ3n) is 3.81. The molecule has 1 aliphatic heterocycles. The van der Waals surface area contributed by atoms with Crippen LogP contribution in [0.15, 0.2) is 0 Å². The Morgan fingerprint density at radius 1 is 1.05 bits per heavy atom. The van der Waals surface area contributed by atoms with Crippen molar-refractivity contribution in [3.05, 3.63) is 0 Å². The highest BCUT2D eigenvalue weighted by molar-refractivity contribution is 6.46. The van der Waals surface area contributed by atoms with Crippen LogP contribution in [0.3, 0.4) is 0 Å². The Morgan fingerprint density at radius 3 is 2.14 bits per heavy atom. The molecule has 0 aromatic carbocycles. The maximum absolute atomic E-state index is 6.11. The minimum absolute atomic E-state index is 0.361. The minimum Gasteiger partial charge on any atom is -0.396 e. The third kappa shape index (κ3) is 9.63. The van der Waals surface area contributed by atoms with Crippen LogP contribution in [0.25, 0.3) is 0 Å². The molecule has 0 N–H and O–H groups in total. The van der Waals surface area contributed by atoms with Crippen LogP contribution >= 0.6 is 0 Å². The molecule has 0 spiro atoms. The molecule has 1 saturated heterocycles. The van der Waals surface area contributed by atoms with E-state index < -0.39 is 9.28 Å². The van der Waals surface area contributed by atoms with Gasteiger partial charge >= 0.3 is 9.28 Å². The molecule has 2 unspecified atom stereocenters. The highest BCUT2D eigenvalue weighted by Gasteiger charge is 2.26. The molecule has 2 atom stereocenters. The average molecular weight is 319 g/mol. The number of rotatable bonds is 15. The quantitative estimate of drug-likeness (QED) is 0.263. The minimum atomic E-state index is -1.57. The number of unbranched alkanes of at least 4 members (excludes halogenated alkanes) is 2. The Bertz CT molecular complexity index is 226. The van der Waals surface area contributed by atoms with E-state index in [1.165, 1.54) is 12.8 Å². The van der Waals surface area contributed by atoms with Crippen LogP contribution < -0.4 is 0 Å². The molecule has 1 aliphatic rings. The van der Waals surface area contributed by atoms with Gasteiger partial charge in [0.05, 0.1) is 13.2 Å². The highest BCUT2D eigenvalue weighted by Crippen LogP contribution is 2.22. The van der Waals surface area contributed by atoms with Gasteiger partial charge in [-0.25, -0.2) is 0 Å². The van der Waals surface area contributed by atoms with Crippen molar-refractivity contribution in [3.8, 4) is 0 Å². The van der Waals surface area contributed by atoms with Gasteiger partial charge in [-0.05, 0) is 19.3 Å². The van der Waals surface area contributed by atoms with E-state index in [0.29, 0.717) is 11.6 Å². The first kappa shape index (κ1) is 19.1. The highest BCUT2D eigenvalue weighted by atomic mass is 28.3. The Hall–Kier alpha value is 0.0569. The van der Waals surface area contributed by atoms with Gasteiger partial charge in [0, 0.05) is 25.4 Å². The molecule has 0 aromatic heterocycles. The third-order valence-corrected chi connectivity index (χ3v) is 6.51. The Balaban J connectivity index is 2.25. The molecule has 1 rings (SSSR count). The lowest BCUT2D eigenvalue weighted by Crippen LogP contribution is -2.31. The monoisotopic (exact) mass is 318 g/mol. The summed E-state index contributed by atoms with van der Waals surface area (Å²) in [5.41, 5.74) is 0.554. The van der Waals surface area contributed by atoms with E-state index in [0.717, 1.165) is 58.7 Å². The molecule has 0 aromatic rings. The molecular weight excluding hydrogens is 284 g/mol. The number of hydrogen-bond acceptors (Lipinski definition) is 4. The number of ether oxygens (including phenoxy) is 2. The summed E-state index contributed by atoms with van der Waals surface area (Å²) in [6.45, 7) is 10.8. The van der Waals surface area contributed by atoms with E-state index in [4.69, 9.17) is 18.3 Å². The molecule has 1 fully saturated rings. The van der Waals surface area contributed by atoms with E-state index in [1.807, 2.05) is 0 Å². The van der Waals surface area contributed by atoms with Crippen molar-refractivity contribution in [1.82, 2.24) is 0 Å². The van der Waals surface area contributed by atoms with Gasteiger partial charge in [-0.1, -0.05) is 40.0 Å². The van der Waals surface area contributed by atoms with Gasteiger partial charge in [-0.2, -0.15) is 0 Å². The predicted molar refractivity (Wildman–Crippen MR) is 88.1 cm³/mol. The normalized spacial score (nSPS) is 19.1. The van der Waals surface area contributed by atoms with Crippen LogP contribution in [0.1, 0.15) is 59.3 Å². The van der Waals surface area contributed by atoms with E-state index in [2.05, 4.69) is 20.8 Å². The molecule has 0 aliphatic carbocycles. The van der Waals surface area contributed by atoms with Gasteiger partial charge in [0.2, 0.25) is 0 Å². The summed E-state index contributed by atoms with van der Waals surface area (Å²) in [6.07, 6.45) is 7.16.